The van der Waals surface area contributed by atoms with Gasteiger partial charge in [0.15, 0.2) is 0 Å². The molecule has 0 bridgehead atoms. The number of aryl methyl sites for hydroxylation is 1. The van der Waals surface area contributed by atoms with Crippen molar-refractivity contribution in [3.05, 3.63) is 22.6 Å². The van der Waals surface area contributed by atoms with Gasteiger partial charge in [0, 0.05) is 31.1 Å². The minimum atomic E-state index is -0.262. The minimum absolute atomic E-state index is 0.0585. The molecule has 21 heavy (non-hydrogen) atoms. The lowest BCUT2D eigenvalue weighted by atomic mass is 9.89. The molecule has 0 aliphatic carbocycles. The van der Waals surface area contributed by atoms with Crippen molar-refractivity contribution in [2.75, 3.05) is 18.0 Å². The molecule has 0 radical (unpaired) electrons. The van der Waals surface area contributed by atoms with Crippen molar-refractivity contribution < 1.29 is 0 Å². The van der Waals surface area contributed by atoms with E-state index in [0.29, 0.717) is 18.0 Å². The SMILES string of the molecule is CC(C)(CCn1ncc(N2CCCCC2)cc1=O)C(N)=S. The van der Waals surface area contributed by atoms with E-state index in [-0.39, 0.29) is 11.0 Å². The first-order valence-electron chi connectivity index (χ1n) is 7.52. The van der Waals surface area contributed by atoms with Gasteiger partial charge in [-0.25, -0.2) is 4.68 Å². The summed E-state index contributed by atoms with van der Waals surface area (Å²) in [6.45, 7) is 6.54. The molecule has 6 heteroatoms. The van der Waals surface area contributed by atoms with Crippen LogP contribution >= 0.6 is 12.2 Å². The van der Waals surface area contributed by atoms with E-state index in [4.69, 9.17) is 18.0 Å². The average Bonchev–Trinajstić information content (AvgIpc) is 2.46. The quantitative estimate of drug-likeness (QED) is 0.842. The molecular formula is C15H24N4OS. The van der Waals surface area contributed by atoms with E-state index < -0.39 is 0 Å². The highest BCUT2D eigenvalue weighted by atomic mass is 32.1. The summed E-state index contributed by atoms with van der Waals surface area (Å²) in [6.07, 6.45) is 6.14. The van der Waals surface area contributed by atoms with Gasteiger partial charge in [-0.2, -0.15) is 5.10 Å². The largest absolute Gasteiger partial charge is 0.393 e. The van der Waals surface area contributed by atoms with E-state index in [2.05, 4.69) is 10.00 Å². The standard InChI is InChI=1S/C15H24N4OS/c1-15(2,14(16)21)6-9-19-13(20)10-12(11-17-19)18-7-4-3-5-8-18/h10-11H,3-9H2,1-2H3,(H2,16,21). The second-order valence-electron chi connectivity index (χ2n) is 6.32. The van der Waals surface area contributed by atoms with E-state index in [1.54, 1.807) is 12.3 Å². The van der Waals surface area contributed by atoms with E-state index in [1.807, 2.05) is 13.8 Å². The van der Waals surface area contributed by atoms with Crippen LogP contribution in [-0.4, -0.2) is 27.9 Å². The third kappa shape index (κ3) is 4.03. The topological polar surface area (TPSA) is 64.2 Å². The van der Waals surface area contributed by atoms with Crippen molar-refractivity contribution in [1.29, 1.82) is 0 Å². The van der Waals surface area contributed by atoms with E-state index in [1.165, 1.54) is 23.9 Å². The molecule has 5 nitrogen and oxygen atoms in total. The van der Waals surface area contributed by atoms with Crippen molar-refractivity contribution in [3.8, 4) is 0 Å². The fourth-order valence-electron chi connectivity index (χ4n) is 2.43. The van der Waals surface area contributed by atoms with E-state index in [9.17, 15) is 4.79 Å². The summed E-state index contributed by atoms with van der Waals surface area (Å²) in [6, 6.07) is 1.69. The molecule has 0 unspecified atom stereocenters. The summed E-state index contributed by atoms with van der Waals surface area (Å²) in [5.74, 6) is 0. The van der Waals surface area contributed by atoms with Crippen LogP contribution in [0.2, 0.25) is 0 Å². The molecular weight excluding hydrogens is 284 g/mol. The highest BCUT2D eigenvalue weighted by Crippen LogP contribution is 2.21. The highest BCUT2D eigenvalue weighted by Gasteiger charge is 2.21. The Balaban J connectivity index is 2.05. The van der Waals surface area contributed by atoms with Gasteiger partial charge in [0.05, 0.1) is 16.9 Å². The Kier molecular flexibility index (Phi) is 4.98. The Morgan fingerprint density at radius 3 is 2.62 bits per heavy atom. The second kappa shape index (κ2) is 6.56. The normalized spacial score (nSPS) is 16.0. The summed E-state index contributed by atoms with van der Waals surface area (Å²) in [5.41, 5.74) is 6.33. The average molecular weight is 308 g/mol. The third-order valence-corrected chi connectivity index (χ3v) is 4.74. The smallest absolute Gasteiger partial charge is 0.268 e. The molecule has 0 aromatic carbocycles. The zero-order chi connectivity index (χ0) is 15.5. The molecule has 1 aliphatic rings. The Hall–Kier alpha value is -1.43. The molecule has 2 N–H and O–H groups in total. The van der Waals surface area contributed by atoms with Crippen LogP contribution in [0.15, 0.2) is 17.1 Å². The van der Waals surface area contributed by atoms with E-state index in [0.717, 1.165) is 18.8 Å². The molecule has 0 spiro atoms. The van der Waals surface area contributed by atoms with Gasteiger partial charge in [0.1, 0.15) is 0 Å². The van der Waals surface area contributed by atoms with Crippen LogP contribution in [0.25, 0.3) is 0 Å². The van der Waals surface area contributed by atoms with Crippen molar-refractivity contribution in [2.45, 2.75) is 46.1 Å². The number of hydrogen-bond acceptors (Lipinski definition) is 4. The van der Waals surface area contributed by atoms with Crippen LogP contribution in [-0.2, 0) is 6.54 Å². The van der Waals surface area contributed by atoms with Crippen molar-refractivity contribution in [3.63, 3.8) is 0 Å². The summed E-state index contributed by atoms with van der Waals surface area (Å²) in [5, 5.41) is 4.29. The fraction of sp³-hybridized carbons (Fsp3) is 0.667. The number of rotatable bonds is 5. The maximum atomic E-state index is 12.2. The van der Waals surface area contributed by atoms with Crippen molar-refractivity contribution in [1.82, 2.24) is 9.78 Å². The van der Waals surface area contributed by atoms with Gasteiger partial charge in [-0.3, -0.25) is 4.79 Å². The van der Waals surface area contributed by atoms with E-state index >= 15 is 0 Å². The van der Waals surface area contributed by atoms with Crippen LogP contribution in [0.3, 0.4) is 0 Å². The highest BCUT2D eigenvalue weighted by molar-refractivity contribution is 7.80. The van der Waals surface area contributed by atoms with Gasteiger partial charge < -0.3 is 10.6 Å². The van der Waals surface area contributed by atoms with Crippen molar-refractivity contribution >= 4 is 22.9 Å². The fourth-order valence-corrected chi connectivity index (χ4v) is 2.53. The Morgan fingerprint density at radius 1 is 1.38 bits per heavy atom. The summed E-state index contributed by atoms with van der Waals surface area (Å²) < 4.78 is 1.49. The maximum Gasteiger partial charge on any atom is 0.268 e. The monoisotopic (exact) mass is 308 g/mol. The van der Waals surface area contributed by atoms with Crippen LogP contribution in [0.4, 0.5) is 5.69 Å². The molecule has 1 aromatic heterocycles. The number of anilines is 1. The van der Waals surface area contributed by atoms with Gasteiger partial charge in [-0.15, -0.1) is 0 Å². The number of aromatic nitrogens is 2. The Morgan fingerprint density at radius 2 is 2.05 bits per heavy atom. The number of piperidine rings is 1. The summed E-state index contributed by atoms with van der Waals surface area (Å²) >= 11 is 5.05. The molecule has 2 heterocycles. The van der Waals surface area contributed by atoms with Gasteiger partial charge in [-0.1, -0.05) is 26.1 Å². The molecule has 2 rings (SSSR count). The lowest BCUT2D eigenvalue weighted by Gasteiger charge is -2.28. The summed E-state index contributed by atoms with van der Waals surface area (Å²) in [4.78, 5) is 14.9. The summed E-state index contributed by atoms with van der Waals surface area (Å²) in [7, 11) is 0. The number of thiocarbonyl (C=S) groups is 1. The molecule has 1 fully saturated rings. The van der Waals surface area contributed by atoms with Crippen LogP contribution < -0.4 is 16.2 Å². The van der Waals surface area contributed by atoms with Gasteiger partial charge in [0.25, 0.3) is 5.56 Å². The van der Waals surface area contributed by atoms with Crippen molar-refractivity contribution in [2.24, 2.45) is 11.1 Å². The number of nitrogens with zero attached hydrogens (tertiary/aromatic N) is 3. The number of hydrogen-bond donors (Lipinski definition) is 1. The molecule has 1 aromatic rings. The maximum absolute atomic E-state index is 12.2. The zero-order valence-electron chi connectivity index (χ0n) is 12.8. The van der Waals surface area contributed by atoms with Crippen LogP contribution in [0.1, 0.15) is 39.5 Å². The lowest BCUT2D eigenvalue weighted by molar-refractivity contribution is 0.409. The van der Waals surface area contributed by atoms with Crippen LogP contribution in [0.5, 0.6) is 0 Å². The van der Waals surface area contributed by atoms with Gasteiger partial charge in [0.2, 0.25) is 0 Å². The molecule has 0 saturated carbocycles. The molecule has 1 saturated heterocycles. The first kappa shape index (κ1) is 15.9. The molecule has 0 atom stereocenters. The molecule has 1 aliphatic heterocycles. The Labute approximate surface area is 131 Å². The molecule has 116 valence electrons. The first-order valence-corrected chi connectivity index (χ1v) is 7.93. The number of nitrogens with two attached hydrogens (primary N) is 1. The second-order valence-corrected chi connectivity index (χ2v) is 6.76. The first-order chi connectivity index (χ1) is 9.90. The predicted molar refractivity (Wildman–Crippen MR) is 89.7 cm³/mol. The zero-order valence-corrected chi connectivity index (χ0v) is 13.7. The Bertz CT molecular complexity index is 561. The predicted octanol–water partition coefficient (Wildman–Crippen LogP) is 1.94. The van der Waals surface area contributed by atoms with Crippen LogP contribution in [0, 0.1) is 5.41 Å². The van der Waals surface area contributed by atoms with Gasteiger partial charge >= 0.3 is 0 Å². The molecule has 0 amide bonds. The van der Waals surface area contributed by atoms with Gasteiger partial charge in [-0.05, 0) is 25.7 Å². The minimum Gasteiger partial charge on any atom is -0.393 e. The third-order valence-electron chi connectivity index (χ3n) is 4.19. The lowest BCUT2D eigenvalue weighted by Crippen LogP contribution is -2.34.